The summed E-state index contributed by atoms with van der Waals surface area (Å²) in [7, 11) is 0. The maximum Gasteiger partial charge on any atom is 0.0945 e. The Bertz CT molecular complexity index is 367. The number of aryl methyl sites for hydroxylation is 1. The van der Waals surface area contributed by atoms with E-state index in [1.54, 1.807) is 5.57 Å². The van der Waals surface area contributed by atoms with Gasteiger partial charge in [0, 0.05) is 25.5 Å². The molecule has 0 aromatic carbocycles. The smallest absolute Gasteiger partial charge is 0.0945 e. The molecule has 0 radical (unpaired) electrons. The van der Waals surface area contributed by atoms with Crippen LogP contribution in [0.4, 0.5) is 0 Å². The van der Waals surface area contributed by atoms with E-state index >= 15 is 0 Å². The van der Waals surface area contributed by atoms with Gasteiger partial charge in [-0.2, -0.15) is 0 Å². The van der Waals surface area contributed by atoms with Crippen molar-refractivity contribution >= 4 is 0 Å². The Labute approximate surface area is 110 Å². The number of imidazole rings is 1. The Morgan fingerprint density at radius 2 is 2.39 bits per heavy atom. The fraction of sp³-hybridized carbons (Fsp3) is 0.667. The molecule has 0 amide bonds. The second-order valence-electron chi connectivity index (χ2n) is 5.47. The molecule has 18 heavy (non-hydrogen) atoms. The summed E-state index contributed by atoms with van der Waals surface area (Å²) in [5.74, 6) is 1.57. The lowest BCUT2D eigenvalue weighted by atomic mass is 9.80. The quantitative estimate of drug-likeness (QED) is 0.619. The zero-order chi connectivity index (χ0) is 12.8. The molecule has 1 N–H and O–H groups in total. The van der Waals surface area contributed by atoms with Gasteiger partial charge >= 0.3 is 0 Å². The molecule has 0 aliphatic heterocycles. The van der Waals surface area contributed by atoms with Crippen LogP contribution in [0.3, 0.4) is 0 Å². The molecule has 3 nitrogen and oxygen atoms in total. The molecule has 0 saturated heterocycles. The Balaban J connectivity index is 1.63. The molecule has 3 heteroatoms. The second-order valence-corrected chi connectivity index (χ2v) is 5.47. The van der Waals surface area contributed by atoms with Crippen molar-refractivity contribution in [3.05, 3.63) is 30.4 Å². The monoisotopic (exact) mass is 247 g/mol. The maximum atomic E-state index is 4.05. The number of aromatic nitrogens is 2. The van der Waals surface area contributed by atoms with Gasteiger partial charge in [0.1, 0.15) is 0 Å². The summed E-state index contributed by atoms with van der Waals surface area (Å²) in [4.78, 5) is 4.05. The molecule has 0 unspecified atom stereocenters. The Morgan fingerprint density at radius 3 is 3.11 bits per heavy atom. The van der Waals surface area contributed by atoms with E-state index in [1.165, 1.54) is 19.3 Å². The molecule has 0 fully saturated rings. The molecule has 1 aliphatic rings. The SMILES string of the molecule is CC1=CCC[C@@H](C)[C@@H]1CNCCCn1ccnc1. The van der Waals surface area contributed by atoms with Crippen molar-refractivity contribution in [2.24, 2.45) is 11.8 Å². The summed E-state index contributed by atoms with van der Waals surface area (Å²) in [5.41, 5.74) is 1.58. The summed E-state index contributed by atoms with van der Waals surface area (Å²) < 4.78 is 2.13. The molecule has 1 aliphatic carbocycles. The fourth-order valence-electron chi connectivity index (χ4n) is 2.80. The third-order valence-electron chi connectivity index (χ3n) is 4.05. The lowest BCUT2D eigenvalue weighted by molar-refractivity contribution is 0.349. The van der Waals surface area contributed by atoms with E-state index in [0.717, 1.165) is 31.5 Å². The zero-order valence-electron chi connectivity index (χ0n) is 11.6. The molecule has 100 valence electrons. The highest BCUT2D eigenvalue weighted by Crippen LogP contribution is 2.29. The Kier molecular flexibility index (Phi) is 5.00. The number of hydrogen-bond donors (Lipinski definition) is 1. The van der Waals surface area contributed by atoms with E-state index in [9.17, 15) is 0 Å². The van der Waals surface area contributed by atoms with Crippen LogP contribution in [0.25, 0.3) is 0 Å². The summed E-state index contributed by atoms with van der Waals surface area (Å²) in [6, 6.07) is 0. The number of allylic oxidation sites excluding steroid dienone is 1. The number of nitrogens with one attached hydrogen (secondary N) is 1. The van der Waals surface area contributed by atoms with E-state index in [2.05, 4.69) is 34.8 Å². The average molecular weight is 247 g/mol. The first-order valence-corrected chi connectivity index (χ1v) is 7.10. The van der Waals surface area contributed by atoms with Gasteiger partial charge in [-0.3, -0.25) is 0 Å². The van der Waals surface area contributed by atoms with E-state index in [-0.39, 0.29) is 0 Å². The Morgan fingerprint density at radius 1 is 1.50 bits per heavy atom. The zero-order valence-corrected chi connectivity index (χ0v) is 11.6. The number of rotatable bonds is 6. The van der Waals surface area contributed by atoms with Gasteiger partial charge in [-0.05, 0) is 44.6 Å². The van der Waals surface area contributed by atoms with Crippen LogP contribution in [0.2, 0.25) is 0 Å². The van der Waals surface area contributed by atoms with E-state index in [0.29, 0.717) is 0 Å². The highest BCUT2D eigenvalue weighted by atomic mass is 15.0. The average Bonchev–Trinajstić information content (AvgIpc) is 2.85. The van der Waals surface area contributed by atoms with Gasteiger partial charge in [0.15, 0.2) is 0 Å². The van der Waals surface area contributed by atoms with Crippen molar-refractivity contribution in [2.75, 3.05) is 13.1 Å². The van der Waals surface area contributed by atoms with Gasteiger partial charge in [0.2, 0.25) is 0 Å². The van der Waals surface area contributed by atoms with Gasteiger partial charge in [0.25, 0.3) is 0 Å². The third kappa shape index (κ3) is 3.70. The summed E-state index contributed by atoms with van der Waals surface area (Å²) >= 11 is 0. The van der Waals surface area contributed by atoms with Gasteiger partial charge < -0.3 is 9.88 Å². The van der Waals surface area contributed by atoms with Crippen LogP contribution in [0.5, 0.6) is 0 Å². The minimum absolute atomic E-state index is 0.743. The highest BCUT2D eigenvalue weighted by Gasteiger charge is 2.21. The molecule has 2 atom stereocenters. The molecule has 0 bridgehead atoms. The van der Waals surface area contributed by atoms with Crippen LogP contribution in [-0.2, 0) is 6.54 Å². The fourth-order valence-corrected chi connectivity index (χ4v) is 2.80. The molecular weight excluding hydrogens is 222 g/mol. The van der Waals surface area contributed by atoms with Crippen molar-refractivity contribution < 1.29 is 0 Å². The molecule has 1 aromatic heterocycles. The molecule has 0 saturated carbocycles. The number of hydrogen-bond acceptors (Lipinski definition) is 2. The maximum absolute atomic E-state index is 4.05. The largest absolute Gasteiger partial charge is 0.337 e. The van der Waals surface area contributed by atoms with Crippen LogP contribution in [-0.4, -0.2) is 22.6 Å². The molecule has 1 aromatic rings. The first-order valence-electron chi connectivity index (χ1n) is 7.10. The predicted molar refractivity (Wildman–Crippen MR) is 75.4 cm³/mol. The Hall–Kier alpha value is -1.09. The van der Waals surface area contributed by atoms with Crippen molar-refractivity contribution in [1.82, 2.24) is 14.9 Å². The van der Waals surface area contributed by atoms with E-state index in [4.69, 9.17) is 0 Å². The van der Waals surface area contributed by atoms with E-state index in [1.807, 2.05) is 18.7 Å². The second kappa shape index (κ2) is 6.74. The first-order chi connectivity index (χ1) is 8.77. The van der Waals surface area contributed by atoms with Gasteiger partial charge in [-0.1, -0.05) is 18.6 Å². The van der Waals surface area contributed by atoms with Crippen molar-refractivity contribution in [3.8, 4) is 0 Å². The summed E-state index contributed by atoms with van der Waals surface area (Å²) in [6.45, 7) is 7.95. The van der Waals surface area contributed by atoms with Crippen LogP contribution < -0.4 is 5.32 Å². The van der Waals surface area contributed by atoms with Gasteiger partial charge in [0.05, 0.1) is 6.33 Å². The van der Waals surface area contributed by atoms with Crippen LogP contribution in [0.1, 0.15) is 33.1 Å². The third-order valence-corrected chi connectivity index (χ3v) is 4.05. The van der Waals surface area contributed by atoms with Crippen molar-refractivity contribution in [3.63, 3.8) is 0 Å². The number of nitrogens with zero attached hydrogens (tertiary/aromatic N) is 2. The lowest BCUT2D eigenvalue weighted by Crippen LogP contribution is -2.30. The molecular formula is C15H25N3. The first kappa shape index (κ1) is 13.3. The molecule has 0 spiro atoms. The molecule has 2 rings (SSSR count). The highest BCUT2D eigenvalue weighted by molar-refractivity contribution is 5.09. The van der Waals surface area contributed by atoms with Crippen LogP contribution in [0, 0.1) is 11.8 Å². The molecule has 1 heterocycles. The lowest BCUT2D eigenvalue weighted by Gasteiger charge is -2.29. The minimum atomic E-state index is 0.743. The predicted octanol–water partition coefficient (Wildman–Crippen LogP) is 2.86. The van der Waals surface area contributed by atoms with Crippen LogP contribution in [0.15, 0.2) is 30.4 Å². The van der Waals surface area contributed by atoms with Crippen molar-refractivity contribution in [2.45, 2.75) is 39.7 Å². The van der Waals surface area contributed by atoms with Crippen molar-refractivity contribution in [1.29, 1.82) is 0 Å². The summed E-state index contributed by atoms with van der Waals surface area (Å²) in [6.07, 6.45) is 11.9. The standard InChI is InChI=1S/C15H25N3/c1-13-5-3-6-14(2)15(13)11-16-7-4-9-18-10-8-17-12-18/h5,8,10,12,14-16H,3-4,6-7,9,11H2,1-2H3/t14-,15-/m1/s1. The van der Waals surface area contributed by atoms with Gasteiger partial charge in [-0.15, -0.1) is 0 Å². The normalized spacial score (nSPS) is 24.0. The minimum Gasteiger partial charge on any atom is -0.337 e. The van der Waals surface area contributed by atoms with E-state index < -0.39 is 0 Å². The topological polar surface area (TPSA) is 29.9 Å². The van der Waals surface area contributed by atoms with Crippen LogP contribution >= 0.6 is 0 Å². The summed E-state index contributed by atoms with van der Waals surface area (Å²) in [5, 5.41) is 3.60. The van der Waals surface area contributed by atoms with Gasteiger partial charge in [-0.25, -0.2) is 4.98 Å².